The van der Waals surface area contributed by atoms with Gasteiger partial charge in [-0.05, 0) is 49.2 Å². The Balaban J connectivity index is 1.53. The van der Waals surface area contributed by atoms with Gasteiger partial charge in [-0.15, -0.1) is 0 Å². The third kappa shape index (κ3) is 4.18. The molecule has 1 aliphatic heterocycles. The van der Waals surface area contributed by atoms with Crippen LogP contribution in [0.3, 0.4) is 0 Å². The molecule has 0 aliphatic carbocycles. The number of anilines is 2. The molecule has 0 unspecified atom stereocenters. The summed E-state index contributed by atoms with van der Waals surface area (Å²) in [5.41, 5.74) is 2.37. The summed E-state index contributed by atoms with van der Waals surface area (Å²) in [6.45, 7) is 1.76. The monoisotopic (exact) mass is 338 g/mol. The lowest BCUT2D eigenvalue weighted by atomic mass is 9.95. The van der Waals surface area contributed by atoms with Gasteiger partial charge < -0.3 is 15.0 Å². The number of ether oxygens (including phenoxy) is 1. The smallest absolute Gasteiger partial charge is 0.337 e. The summed E-state index contributed by atoms with van der Waals surface area (Å²) in [7, 11) is 1.35. The number of methoxy groups -OCH3 is 1. The quantitative estimate of drug-likeness (QED) is 0.869. The second kappa shape index (κ2) is 7.83. The van der Waals surface area contributed by atoms with Gasteiger partial charge in [0.1, 0.15) is 0 Å². The second-order valence-corrected chi connectivity index (χ2v) is 6.16. The molecule has 1 saturated heterocycles. The van der Waals surface area contributed by atoms with Crippen LogP contribution in [0.15, 0.2) is 54.6 Å². The summed E-state index contributed by atoms with van der Waals surface area (Å²) in [5.74, 6) is -0.329. The first-order valence-electron chi connectivity index (χ1n) is 8.46. The van der Waals surface area contributed by atoms with Gasteiger partial charge in [0.25, 0.3) is 0 Å². The maximum absolute atomic E-state index is 12.5. The van der Waals surface area contributed by atoms with Gasteiger partial charge in [0.05, 0.1) is 12.7 Å². The summed E-state index contributed by atoms with van der Waals surface area (Å²) in [6.07, 6.45) is 1.67. The fourth-order valence-electron chi connectivity index (χ4n) is 3.09. The number of hydrogen-bond acceptors (Lipinski definition) is 4. The molecule has 25 heavy (non-hydrogen) atoms. The zero-order chi connectivity index (χ0) is 17.6. The Morgan fingerprint density at radius 3 is 2.24 bits per heavy atom. The molecular weight excluding hydrogens is 316 g/mol. The first kappa shape index (κ1) is 17.0. The molecule has 1 heterocycles. The van der Waals surface area contributed by atoms with Gasteiger partial charge in [-0.1, -0.05) is 18.2 Å². The van der Waals surface area contributed by atoms with Crippen LogP contribution in [0.25, 0.3) is 0 Å². The Hall–Kier alpha value is -2.82. The molecule has 0 radical (unpaired) electrons. The highest BCUT2D eigenvalue weighted by molar-refractivity contribution is 5.94. The van der Waals surface area contributed by atoms with E-state index in [1.807, 2.05) is 18.2 Å². The van der Waals surface area contributed by atoms with Crippen LogP contribution >= 0.6 is 0 Å². The Morgan fingerprint density at radius 1 is 1.00 bits per heavy atom. The van der Waals surface area contributed by atoms with Crippen molar-refractivity contribution in [3.8, 4) is 0 Å². The number of amides is 1. The van der Waals surface area contributed by atoms with Crippen molar-refractivity contribution in [2.45, 2.75) is 12.8 Å². The molecule has 5 nitrogen and oxygen atoms in total. The average molecular weight is 338 g/mol. The molecule has 1 aliphatic rings. The number of para-hydroxylation sites is 1. The van der Waals surface area contributed by atoms with E-state index in [-0.39, 0.29) is 17.8 Å². The summed E-state index contributed by atoms with van der Waals surface area (Å²) in [6, 6.07) is 17.0. The fourth-order valence-corrected chi connectivity index (χ4v) is 3.09. The average Bonchev–Trinajstić information content (AvgIpc) is 2.68. The number of nitrogens with zero attached hydrogens (tertiary/aromatic N) is 1. The van der Waals surface area contributed by atoms with Crippen LogP contribution in [0.1, 0.15) is 23.2 Å². The van der Waals surface area contributed by atoms with Crippen molar-refractivity contribution in [1.82, 2.24) is 0 Å². The van der Waals surface area contributed by atoms with E-state index in [0.717, 1.165) is 25.9 Å². The van der Waals surface area contributed by atoms with E-state index in [1.54, 1.807) is 24.3 Å². The lowest BCUT2D eigenvalue weighted by molar-refractivity contribution is -0.120. The molecule has 5 heteroatoms. The molecule has 0 bridgehead atoms. The Kier molecular flexibility index (Phi) is 5.33. The van der Waals surface area contributed by atoms with Crippen molar-refractivity contribution < 1.29 is 14.3 Å². The highest BCUT2D eigenvalue weighted by atomic mass is 16.5. The predicted octanol–water partition coefficient (Wildman–Crippen LogP) is 3.33. The molecule has 0 spiro atoms. The highest BCUT2D eigenvalue weighted by Crippen LogP contribution is 2.24. The minimum atomic E-state index is -0.383. The largest absolute Gasteiger partial charge is 0.465 e. The van der Waals surface area contributed by atoms with Crippen LogP contribution in [-0.4, -0.2) is 32.1 Å². The minimum absolute atomic E-state index is 0.0141. The summed E-state index contributed by atoms with van der Waals surface area (Å²) in [4.78, 5) is 26.2. The van der Waals surface area contributed by atoms with E-state index in [9.17, 15) is 9.59 Å². The molecule has 1 amide bonds. The fraction of sp³-hybridized carbons (Fsp3) is 0.300. The normalized spacial score (nSPS) is 14.8. The van der Waals surface area contributed by atoms with Crippen LogP contribution in [-0.2, 0) is 9.53 Å². The summed E-state index contributed by atoms with van der Waals surface area (Å²) >= 11 is 0. The van der Waals surface area contributed by atoms with Crippen molar-refractivity contribution in [1.29, 1.82) is 0 Å². The van der Waals surface area contributed by atoms with Gasteiger partial charge in [0.2, 0.25) is 5.91 Å². The molecule has 2 aromatic rings. The molecule has 2 aromatic carbocycles. The van der Waals surface area contributed by atoms with Crippen molar-refractivity contribution in [2.75, 3.05) is 30.4 Å². The third-order valence-corrected chi connectivity index (χ3v) is 4.56. The molecular formula is C20H22N2O3. The van der Waals surface area contributed by atoms with Gasteiger partial charge >= 0.3 is 5.97 Å². The number of carbonyl (C=O) groups is 2. The number of hydrogen-bond donors (Lipinski definition) is 1. The van der Waals surface area contributed by atoms with E-state index >= 15 is 0 Å². The standard InChI is InChI=1S/C20H22N2O3/c1-25-20(24)16-7-9-17(10-8-16)21-19(23)15-11-13-22(14-12-15)18-5-3-2-4-6-18/h2-10,15H,11-14H2,1H3,(H,21,23). The van der Waals surface area contributed by atoms with Crippen LogP contribution in [0.5, 0.6) is 0 Å². The zero-order valence-electron chi connectivity index (χ0n) is 14.3. The third-order valence-electron chi connectivity index (χ3n) is 4.56. The molecule has 1 N–H and O–H groups in total. The SMILES string of the molecule is COC(=O)c1ccc(NC(=O)C2CCN(c3ccccc3)CC2)cc1. The molecule has 1 fully saturated rings. The number of benzene rings is 2. The number of rotatable bonds is 4. The van der Waals surface area contributed by atoms with E-state index in [4.69, 9.17) is 0 Å². The molecule has 130 valence electrons. The highest BCUT2D eigenvalue weighted by Gasteiger charge is 2.25. The van der Waals surface area contributed by atoms with E-state index < -0.39 is 0 Å². The maximum atomic E-state index is 12.5. The van der Waals surface area contributed by atoms with Crippen molar-refractivity contribution in [2.24, 2.45) is 5.92 Å². The topological polar surface area (TPSA) is 58.6 Å². The van der Waals surface area contributed by atoms with E-state index in [2.05, 4.69) is 27.1 Å². The van der Waals surface area contributed by atoms with Crippen LogP contribution in [0.2, 0.25) is 0 Å². The van der Waals surface area contributed by atoms with Gasteiger partial charge in [-0.25, -0.2) is 4.79 Å². The molecule has 0 aromatic heterocycles. The van der Waals surface area contributed by atoms with Crippen molar-refractivity contribution in [3.05, 3.63) is 60.2 Å². The van der Waals surface area contributed by atoms with Gasteiger partial charge in [-0.3, -0.25) is 4.79 Å². The Labute approximate surface area is 147 Å². The van der Waals surface area contributed by atoms with E-state index in [0.29, 0.717) is 11.3 Å². The lowest BCUT2D eigenvalue weighted by Gasteiger charge is -2.33. The second-order valence-electron chi connectivity index (χ2n) is 6.16. The molecule has 3 rings (SSSR count). The van der Waals surface area contributed by atoms with Crippen molar-refractivity contribution in [3.63, 3.8) is 0 Å². The first-order chi connectivity index (χ1) is 12.2. The van der Waals surface area contributed by atoms with Crippen LogP contribution < -0.4 is 10.2 Å². The summed E-state index contributed by atoms with van der Waals surface area (Å²) in [5, 5.41) is 2.94. The maximum Gasteiger partial charge on any atom is 0.337 e. The predicted molar refractivity (Wildman–Crippen MR) is 97.8 cm³/mol. The van der Waals surface area contributed by atoms with Gasteiger partial charge in [-0.2, -0.15) is 0 Å². The van der Waals surface area contributed by atoms with Crippen LogP contribution in [0.4, 0.5) is 11.4 Å². The summed E-state index contributed by atoms with van der Waals surface area (Å²) < 4.78 is 4.67. The zero-order valence-corrected chi connectivity index (χ0v) is 14.3. The Bertz CT molecular complexity index is 720. The first-order valence-corrected chi connectivity index (χ1v) is 8.46. The lowest BCUT2D eigenvalue weighted by Crippen LogP contribution is -2.38. The number of nitrogens with one attached hydrogen (secondary N) is 1. The number of piperidine rings is 1. The Morgan fingerprint density at radius 2 is 1.64 bits per heavy atom. The molecule has 0 saturated carbocycles. The van der Waals surface area contributed by atoms with Gasteiger partial charge in [0, 0.05) is 30.4 Å². The number of esters is 1. The number of carbonyl (C=O) groups excluding carboxylic acids is 2. The van der Waals surface area contributed by atoms with E-state index in [1.165, 1.54) is 12.8 Å². The van der Waals surface area contributed by atoms with Crippen molar-refractivity contribution >= 4 is 23.3 Å². The van der Waals surface area contributed by atoms with Crippen LogP contribution in [0, 0.1) is 5.92 Å². The van der Waals surface area contributed by atoms with Gasteiger partial charge in [0.15, 0.2) is 0 Å². The minimum Gasteiger partial charge on any atom is -0.465 e. The molecule has 0 atom stereocenters.